The molecule has 1 heterocycles. The SMILES string of the molecule is CSCC(C)CNC(=O)c1sccc1C#CCO. The maximum Gasteiger partial charge on any atom is 0.262 e. The number of aliphatic hydroxyl groups excluding tert-OH is 1. The van der Waals surface area contributed by atoms with Crippen molar-refractivity contribution in [3.63, 3.8) is 0 Å². The monoisotopic (exact) mass is 283 g/mol. The minimum atomic E-state index is -0.193. The second-order valence-corrected chi connectivity index (χ2v) is 5.72. The van der Waals surface area contributed by atoms with Crippen LogP contribution < -0.4 is 5.32 Å². The highest BCUT2D eigenvalue weighted by Crippen LogP contribution is 2.15. The molecule has 0 bridgehead atoms. The molecule has 0 radical (unpaired) electrons. The van der Waals surface area contributed by atoms with Gasteiger partial charge in [0, 0.05) is 12.1 Å². The van der Waals surface area contributed by atoms with E-state index in [2.05, 4.69) is 30.3 Å². The highest BCUT2D eigenvalue weighted by molar-refractivity contribution is 7.98. The number of carbonyl (C=O) groups excluding carboxylic acids is 1. The van der Waals surface area contributed by atoms with E-state index >= 15 is 0 Å². The van der Waals surface area contributed by atoms with E-state index in [1.54, 1.807) is 17.8 Å². The normalized spacial score (nSPS) is 11.5. The molecule has 1 unspecified atom stereocenters. The first-order chi connectivity index (χ1) is 8.69. The minimum absolute atomic E-state index is 0.0832. The van der Waals surface area contributed by atoms with Crippen molar-refractivity contribution in [2.75, 3.05) is 25.2 Å². The molecule has 1 amide bonds. The van der Waals surface area contributed by atoms with Crippen LogP contribution in [0.25, 0.3) is 0 Å². The predicted octanol–water partition coefficient (Wildman–Crippen LogP) is 1.82. The van der Waals surface area contributed by atoms with Crippen molar-refractivity contribution in [1.82, 2.24) is 5.32 Å². The Bertz CT molecular complexity index is 445. The third-order valence-electron chi connectivity index (χ3n) is 2.24. The molecule has 98 valence electrons. The van der Waals surface area contributed by atoms with Crippen molar-refractivity contribution in [3.8, 4) is 11.8 Å². The van der Waals surface area contributed by atoms with Gasteiger partial charge in [0.25, 0.3) is 5.91 Å². The van der Waals surface area contributed by atoms with Crippen LogP contribution in [0.3, 0.4) is 0 Å². The van der Waals surface area contributed by atoms with Crippen LogP contribution in [-0.4, -0.2) is 36.2 Å². The highest BCUT2D eigenvalue weighted by atomic mass is 32.2. The molecule has 2 N–H and O–H groups in total. The number of thiophene rings is 1. The van der Waals surface area contributed by atoms with E-state index < -0.39 is 0 Å². The zero-order chi connectivity index (χ0) is 13.4. The molecule has 0 saturated heterocycles. The summed E-state index contributed by atoms with van der Waals surface area (Å²) < 4.78 is 0. The lowest BCUT2D eigenvalue weighted by Crippen LogP contribution is -2.28. The van der Waals surface area contributed by atoms with Crippen LogP contribution in [0.15, 0.2) is 11.4 Å². The van der Waals surface area contributed by atoms with Gasteiger partial charge in [-0.25, -0.2) is 0 Å². The molecule has 0 aromatic carbocycles. The molecule has 3 nitrogen and oxygen atoms in total. The number of hydrogen-bond donors (Lipinski definition) is 2. The fraction of sp³-hybridized carbons (Fsp3) is 0.462. The molecule has 0 aliphatic rings. The smallest absolute Gasteiger partial charge is 0.262 e. The van der Waals surface area contributed by atoms with Crippen molar-refractivity contribution in [3.05, 3.63) is 21.9 Å². The van der Waals surface area contributed by atoms with Crippen LogP contribution in [0.4, 0.5) is 0 Å². The van der Waals surface area contributed by atoms with E-state index in [9.17, 15) is 4.79 Å². The molecule has 5 heteroatoms. The first-order valence-electron chi connectivity index (χ1n) is 5.63. The van der Waals surface area contributed by atoms with Crippen molar-refractivity contribution < 1.29 is 9.90 Å². The summed E-state index contributed by atoms with van der Waals surface area (Å²) in [7, 11) is 0. The Hall–Kier alpha value is -0.960. The number of aliphatic hydroxyl groups is 1. The van der Waals surface area contributed by atoms with Gasteiger partial charge in [-0.15, -0.1) is 11.3 Å². The Balaban J connectivity index is 2.59. The summed E-state index contributed by atoms with van der Waals surface area (Å²) in [5.74, 6) is 6.74. The van der Waals surface area contributed by atoms with E-state index in [1.807, 2.05) is 5.38 Å². The number of nitrogens with one attached hydrogen (secondary N) is 1. The van der Waals surface area contributed by atoms with Crippen LogP contribution in [0.5, 0.6) is 0 Å². The zero-order valence-corrected chi connectivity index (χ0v) is 12.2. The van der Waals surface area contributed by atoms with Gasteiger partial charge in [-0.05, 0) is 29.4 Å². The molecule has 18 heavy (non-hydrogen) atoms. The van der Waals surface area contributed by atoms with E-state index in [1.165, 1.54) is 11.3 Å². The minimum Gasteiger partial charge on any atom is -0.384 e. The number of carbonyl (C=O) groups is 1. The van der Waals surface area contributed by atoms with Gasteiger partial charge in [-0.2, -0.15) is 11.8 Å². The van der Waals surface area contributed by atoms with Gasteiger partial charge in [0.15, 0.2) is 0 Å². The summed E-state index contributed by atoms with van der Waals surface area (Å²) in [6.45, 7) is 2.59. The number of amides is 1. The third-order valence-corrected chi connectivity index (χ3v) is 4.05. The molecule has 0 fully saturated rings. The number of rotatable bonds is 5. The van der Waals surface area contributed by atoms with Crippen molar-refractivity contribution in [2.45, 2.75) is 6.92 Å². The predicted molar refractivity (Wildman–Crippen MR) is 78.2 cm³/mol. The summed E-state index contributed by atoms with van der Waals surface area (Å²) in [5, 5.41) is 13.4. The van der Waals surface area contributed by atoms with Gasteiger partial charge < -0.3 is 10.4 Å². The molecule has 0 saturated carbocycles. The Morgan fingerprint density at radius 1 is 1.67 bits per heavy atom. The zero-order valence-electron chi connectivity index (χ0n) is 10.5. The second kappa shape index (κ2) is 8.20. The van der Waals surface area contributed by atoms with Crippen molar-refractivity contribution in [2.24, 2.45) is 5.92 Å². The molecule has 1 aromatic rings. The molecule has 0 spiro atoms. The number of hydrogen-bond acceptors (Lipinski definition) is 4. The van der Waals surface area contributed by atoms with Crippen LogP contribution in [-0.2, 0) is 0 Å². The quantitative estimate of drug-likeness (QED) is 0.811. The topological polar surface area (TPSA) is 49.3 Å². The maximum absolute atomic E-state index is 12.0. The fourth-order valence-electron chi connectivity index (χ4n) is 1.41. The average molecular weight is 283 g/mol. The summed E-state index contributed by atoms with van der Waals surface area (Å²) in [5.41, 5.74) is 0.684. The van der Waals surface area contributed by atoms with Gasteiger partial charge in [-0.1, -0.05) is 18.8 Å². The third kappa shape index (κ3) is 4.73. The van der Waals surface area contributed by atoms with Gasteiger partial charge >= 0.3 is 0 Å². The maximum atomic E-state index is 12.0. The molecule has 0 aliphatic heterocycles. The van der Waals surface area contributed by atoms with E-state index in [0.717, 1.165) is 5.75 Å². The van der Waals surface area contributed by atoms with Crippen LogP contribution in [0.1, 0.15) is 22.2 Å². The number of thioether (sulfide) groups is 1. The average Bonchev–Trinajstić information content (AvgIpc) is 2.82. The molecular weight excluding hydrogens is 266 g/mol. The lowest BCUT2D eigenvalue weighted by molar-refractivity contribution is 0.0953. The highest BCUT2D eigenvalue weighted by Gasteiger charge is 2.12. The molecule has 1 aromatic heterocycles. The Labute approximate surface area is 116 Å². The fourth-order valence-corrected chi connectivity index (χ4v) is 2.86. The molecule has 1 atom stereocenters. The summed E-state index contributed by atoms with van der Waals surface area (Å²) in [6.07, 6.45) is 2.06. The van der Waals surface area contributed by atoms with Gasteiger partial charge in [0.05, 0.1) is 0 Å². The summed E-state index contributed by atoms with van der Waals surface area (Å²) in [6, 6.07) is 1.80. The van der Waals surface area contributed by atoms with Crippen LogP contribution >= 0.6 is 23.1 Å². The molecular formula is C13H17NO2S2. The Kier molecular flexibility index (Phi) is 6.88. The van der Waals surface area contributed by atoms with Crippen molar-refractivity contribution >= 4 is 29.0 Å². The van der Waals surface area contributed by atoms with Crippen LogP contribution in [0.2, 0.25) is 0 Å². The summed E-state index contributed by atoms with van der Waals surface area (Å²) in [4.78, 5) is 12.6. The second-order valence-electron chi connectivity index (χ2n) is 3.89. The first kappa shape index (κ1) is 15.1. The van der Waals surface area contributed by atoms with E-state index in [0.29, 0.717) is 22.9 Å². The standard InChI is InChI=1S/C13H17NO2S2/c1-10(9-17-2)8-14-13(16)12-11(4-3-6-15)5-7-18-12/h5,7,10,15H,6,8-9H2,1-2H3,(H,14,16). The van der Waals surface area contributed by atoms with Gasteiger partial charge in [0.2, 0.25) is 0 Å². The van der Waals surface area contributed by atoms with Crippen molar-refractivity contribution in [1.29, 1.82) is 0 Å². The lowest BCUT2D eigenvalue weighted by Gasteiger charge is -2.10. The van der Waals surface area contributed by atoms with Gasteiger partial charge in [-0.3, -0.25) is 4.79 Å². The van der Waals surface area contributed by atoms with Crippen LogP contribution in [0, 0.1) is 17.8 Å². The van der Waals surface area contributed by atoms with E-state index in [4.69, 9.17) is 5.11 Å². The molecule has 1 rings (SSSR count). The largest absolute Gasteiger partial charge is 0.384 e. The Morgan fingerprint density at radius 2 is 2.44 bits per heavy atom. The Morgan fingerprint density at radius 3 is 3.11 bits per heavy atom. The summed E-state index contributed by atoms with van der Waals surface area (Å²) >= 11 is 3.15. The van der Waals surface area contributed by atoms with Gasteiger partial charge in [0.1, 0.15) is 11.5 Å². The van der Waals surface area contributed by atoms with E-state index in [-0.39, 0.29) is 12.5 Å². The lowest BCUT2D eigenvalue weighted by atomic mass is 10.2. The first-order valence-corrected chi connectivity index (χ1v) is 7.90. The molecule has 0 aliphatic carbocycles.